The third kappa shape index (κ3) is 2.22. The van der Waals surface area contributed by atoms with Crippen LogP contribution in [0, 0.1) is 0 Å². The summed E-state index contributed by atoms with van der Waals surface area (Å²) in [6.45, 7) is 0. The largest absolute Gasteiger partial charge is 0.397 e. The third-order valence-corrected chi connectivity index (χ3v) is 2.52. The lowest BCUT2D eigenvalue weighted by molar-refractivity contribution is 1.33. The summed E-state index contributed by atoms with van der Waals surface area (Å²) in [7, 11) is 0. The predicted molar refractivity (Wildman–Crippen MR) is 64.1 cm³/mol. The van der Waals surface area contributed by atoms with Gasteiger partial charge in [0, 0.05) is 10.6 Å². The van der Waals surface area contributed by atoms with Crippen LogP contribution in [0.2, 0.25) is 10.0 Å². The second-order valence-corrected chi connectivity index (χ2v) is 3.95. The fourth-order valence-electron chi connectivity index (χ4n) is 1.27. The van der Waals surface area contributed by atoms with Crippen LogP contribution in [0.3, 0.4) is 0 Å². The topological polar surface area (TPSA) is 38.9 Å². The molecule has 0 fully saturated rings. The minimum absolute atomic E-state index is 0.539. The maximum atomic E-state index is 6.03. The lowest BCUT2D eigenvalue weighted by Gasteiger charge is -2.04. The molecule has 76 valence electrons. The zero-order chi connectivity index (χ0) is 10.8. The van der Waals surface area contributed by atoms with Crippen LogP contribution in [0.15, 0.2) is 36.5 Å². The monoisotopic (exact) mass is 238 g/mol. The average molecular weight is 239 g/mol. The molecule has 0 unspecified atom stereocenters. The molecule has 0 saturated heterocycles. The van der Waals surface area contributed by atoms with E-state index in [1.165, 1.54) is 0 Å². The molecule has 2 aromatic rings. The SMILES string of the molecule is Nc1cnc(-c2ccc(Cl)cc2)c(Cl)c1. The van der Waals surface area contributed by atoms with Crippen LogP contribution in [-0.4, -0.2) is 4.98 Å². The first kappa shape index (κ1) is 10.3. The van der Waals surface area contributed by atoms with Gasteiger partial charge in [-0.25, -0.2) is 0 Å². The Hall–Kier alpha value is -1.25. The van der Waals surface area contributed by atoms with Crippen LogP contribution in [0.25, 0.3) is 11.3 Å². The Morgan fingerprint density at radius 1 is 1.07 bits per heavy atom. The van der Waals surface area contributed by atoms with Crippen LogP contribution >= 0.6 is 23.2 Å². The molecule has 1 aromatic carbocycles. The zero-order valence-electron chi connectivity index (χ0n) is 7.74. The van der Waals surface area contributed by atoms with E-state index >= 15 is 0 Å². The first-order valence-electron chi connectivity index (χ1n) is 4.34. The predicted octanol–water partition coefficient (Wildman–Crippen LogP) is 3.64. The Kier molecular flexibility index (Phi) is 2.80. The highest BCUT2D eigenvalue weighted by Crippen LogP contribution is 2.27. The number of halogens is 2. The summed E-state index contributed by atoms with van der Waals surface area (Å²) in [6, 6.07) is 9.01. The van der Waals surface area contributed by atoms with Crippen LogP contribution in [0.1, 0.15) is 0 Å². The maximum absolute atomic E-state index is 6.03. The molecule has 1 heterocycles. The molecule has 2 nitrogen and oxygen atoms in total. The third-order valence-electron chi connectivity index (χ3n) is 1.98. The summed E-state index contributed by atoms with van der Waals surface area (Å²) >= 11 is 11.8. The van der Waals surface area contributed by atoms with Crippen molar-refractivity contribution in [3.8, 4) is 11.3 Å². The first-order chi connectivity index (χ1) is 7.16. The molecule has 0 atom stereocenters. The molecule has 4 heteroatoms. The van der Waals surface area contributed by atoms with Crippen molar-refractivity contribution in [3.63, 3.8) is 0 Å². The van der Waals surface area contributed by atoms with Crippen molar-refractivity contribution in [2.75, 3.05) is 5.73 Å². The van der Waals surface area contributed by atoms with Gasteiger partial charge in [-0.2, -0.15) is 0 Å². The minimum atomic E-state index is 0.539. The number of nitrogens with two attached hydrogens (primary N) is 1. The average Bonchev–Trinajstić information content (AvgIpc) is 2.20. The van der Waals surface area contributed by atoms with Gasteiger partial charge < -0.3 is 5.73 Å². The van der Waals surface area contributed by atoms with E-state index < -0.39 is 0 Å². The number of pyridine rings is 1. The zero-order valence-corrected chi connectivity index (χ0v) is 9.26. The van der Waals surface area contributed by atoms with E-state index in [-0.39, 0.29) is 0 Å². The highest BCUT2D eigenvalue weighted by Gasteiger charge is 2.04. The molecular formula is C11H8Cl2N2. The van der Waals surface area contributed by atoms with Gasteiger partial charge in [0.05, 0.1) is 22.6 Å². The van der Waals surface area contributed by atoms with Crippen LogP contribution < -0.4 is 5.73 Å². The number of aromatic nitrogens is 1. The van der Waals surface area contributed by atoms with Gasteiger partial charge in [-0.3, -0.25) is 4.98 Å². The Morgan fingerprint density at radius 3 is 2.33 bits per heavy atom. The molecule has 0 bridgehead atoms. The molecule has 0 spiro atoms. The Bertz CT molecular complexity index is 480. The number of hydrogen-bond donors (Lipinski definition) is 1. The minimum Gasteiger partial charge on any atom is -0.397 e. The molecule has 2 N–H and O–H groups in total. The van der Waals surface area contributed by atoms with Crippen molar-refractivity contribution in [2.45, 2.75) is 0 Å². The molecular weight excluding hydrogens is 231 g/mol. The van der Waals surface area contributed by atoms with Gasteiger partial charge in [-0.1, -0.05) is 35.3 Å². The molecule has 0 amide bonds. The van der Waals surface area contributed by atoms with Crippen LogP contribution in [-0.2, 0) is 0 Å². The van der Waals surface area contributed by atoms with Gasteiger partial charge in [0.15, 0.2) is 0 Å². The highest BCUT2D eigenvalue weighted by molar-refractivity contribution is 6.33. The number of rotatable bonds is 1. The Balaban J connectivity index is 2.49. The summed E-state index contributed by atoms with van der Waals surface area (Å²) in [5.41, 5.74) is 7.75. The highest BCUT2D eigenvalue weighted by atomic mass is 35.5. The molecule has 0 aliphatic rings. The molecule has 0 saturated carbocycles. The molecule has 0 aliphatic carbocycles. The van der Waals surface area contributed by atoms with E-state index in [1.807, 2.05) is 12.1 Å². The molecule has 0 aliphatic heterocycles. The van der Waals surface area contributed by atoms with Crippen LogP contribution in [0.5, 0.6) is 0 Å². The number of hydrogen-bond acceptors (Lipinski definition) is 2. The molecule has 1 aromatic heterocycles. The standard InChI is InChI=1S/C11H8Cl2N2/c12-8-3-1-7(2-4-8)11-10(13)5-9(14)6-15-11/h1-6H,14H2. The smallest absolute Gasteiger partial charge is 0.0889 e. The van der Waals surface area contributed by atoms with Gasteiger partial charge in [0.25, 0.3) is 0 Å². The summed E-state index contributed by atoms with van der Waals surface area (Å²) in [6.07, 6.45) is 1.58. The van der Waals surface area contributed by atoms with Gasteiger partial charge in [-0.15, -0.1) is 0 Å². The molecule has 15 heavy (non-hydrogen) atoms. The van der Waals surface area contributed by atoms with Crippen molar-refractivity contribution < 1.29 is 0 Å². The number of benzene rings is 1. The van der Waals surface area contributed by atoms with Crippen molar-refractivity contribution in [1.82, 2.24) is 4.98 Å². The van der Waals surface area contributed by atoms with E-state index in [0.717, 1.165) is 5.56 Å². The fourth-order valence-corrected chi connectivity index (χ4v) is 1.68. The van der Waals surface area contributed by atoms with Crippen molar-refractivity contribution in [3.05, 3.63) is 46.6 Å². The van der Waals surface area contributed by atoms with Crippen molar-refractivity contribution in [2.24, 2.45) is 0 Å². The summed E-state index contributed by atoms with van der Waals surface area (Å²) in [4.78, 5) is 4.18. The van der Waals surface area contributed by atoms with Gasteiger partial charge in [0.1, 0.15) is 0 Å². The van der Waals surface area contributed by atoms with E-state index in [0.29, 0.717) is 21.4 Å². The summed E-state index contributed by atoms with van der Waals surface area (Å²) in [5, 5.41) is 1.22. The van der Waals surface area contributed by atoms with Crippen molar-refractivity contribution in [1.29, 1.82) is 0 Å². The Labute approximate surface area is 97.7 Å². The van der Waals surface area contributed by atoms with Gasteiger partial charge in [-0.05, 0) is 18.2 Å². The number of nitrogens with zero attached hydrogens (tertiary/aromatic N) is 1. The summed E-state index contributed by atoms with van der Waals surface area (Å²) in [5.74, 6) is 0. The van der Waals surface area contributed by atoms with Crippen molar-refractivity contribution >= 4 is 28.9 Å². The fraction of sp³-hybridized carbons (Fsp3) is 0. The van der Waals surface area contributed by atoms with E-state index in [1.54, 1.807) is 24.4 Å². The lowest BCUT2D eigenvalue weighted by Crippen LogP contribution is -1.89. The van der Waals surface area contributed by atoms with Gasteiger partial charge in [0.2, 0.25) is 0 Å². The lowest BCUT2D eigenvalue weighted by atomic mass is 10.1. The second kappa shape index (κ2) is 4.09. The Morgan fingerprint density at radius 2 is 1.73 bits per heavy atom. The number of nitrogen functional groups attached to an aromatic ring is 1. The second-order valence-electron chi connectivity index (χ2n) is 3.11. The van der Waals surface area contributed by atoms with E-state index in [2.05, 4.69) is 4.98 Å². The van der Waals surface area contributed by atoms with E-state index in [4.69, 9.17) is 28.9 Å². The van der Waals surface area contributed by atoms with Gasteiger partial charge >= 0.3 is 0 Å². The normalized spacial score (nSPS) is 10.3. The first-order valence-corrected chi connectivity index (χ1v) is 5.09. The number of anilines is 1. The van der Waals surface area contributed by atoms with E-state index in [9.17, 15) is 0 Å². The molecule has 0 radical (unpaired) electrons. The molecule has 2 rings (SSSR count). The van der Waals surface area contributed by atoms with Crippen LogP contribution in [0.4, 0.5) is 5.69 Å². The quantitative estimate of drug-likeness (QED) is 0.825. The summed E-state index contributed by atoms with van der Waals surface area (Å²) < 4.78 is 0. The maximum Gasteiger partial charge on any atom is 0.0889 e.